The van der Waals surface area contributed by atoms with E-state index in [9.17, 15) is 9.59 Å². The van der Waals surface area contributed by atoms with Gasteiger partial charge in [-0.15, -0.1) is 0 Å². The van der Waals surface area contributed by atoms with Gasteiger partial charge in [-0.3, -0.25) is 9.59 Å². The number of aromatic nitrogens is 2. The molecule has 0 unspecified atom stereocenters. The van der Waals surface area contributed by atoms with Crippen LogP contribution in [0.3, 0.4) is 0 Å². The van der Waals surface area contributed by atoms with Crippen molar-refractivity contribution in [3.63, 3.8) is 0 Å². The molecular weight excluding hydrogens is 372 g/mol. The van der Waals surface area contributed by atoms with Gasteiger partial charge in [0.25, 0.3) is 5.91 Å². The molecule has 2 aromatic rings. The van der Waals surface area contributed by atoms with Gasteiger partial charge in [-0.05, 0) is 43.5 Å². The Morgan fingerprint density at radius 3 is 2.55 bits per heavy atom. The van der Waals surface area contributed by atoms with E-state index in [2.05, 4.69) is 10.4 Å². The fraction of sp³-hybridized carbons (Fsp3) is 0.476. The number of hydrogen-bond acceptors (Lipinski definition) is 5. The largest absolute Gasteiger partial charge is 0.497 e. The van der Waals surface area contributed by atoms with Crippen molar-refractivity contribution in [3.05, 3.63) is 42.1 Å². The lowest BCUT2D eigenvalue weighted by atomic mass is 10.0. The van der Waals surface area contributed by atoms with Gasteiger partial charge in [0, 0.05) is 31.3 Å². The third-order valence-corrected chi connectivity index (χ3v) is 5.66. The number of carbonyl (C=O) groups excluding carboxylic acids is 2. The van der Waals surface area contributed by atoms with Crippen molar-refractivity contribution in [1.82, 2.24) is 14.7 Å². The molecule has 0 spiro atoms. The molecule has 3 heterocycles. The maximum Gasteiger partial charge on any atom is 0.253 e. The first-order valence-electron chi connectivity index (χ1n) is 10.0. The van der Waals surface area contributed by atoms with Crippen LogP contribution in [0.5, 0.6) is 5.75 Å². The van der Waals surface area contributed by atoms with E-state index in [-0.39, 0.29) is 23.8 Å². The molecule has 2 saturated heterocycles. The molecular formula is C21H26N4O4. The van der Waals surface area contributed by atoms with E-state index >= 15 is 0 Å². The van der Waals surface area contributed by atoms with Gasteiger partial charge in [-0.1, -0.05) is 0 Å². The molecule has 0 aliphatic carbocycles. The molecule has 0 saturated carbocycles. The number of anilines is 1. The Morgan fingerprint density at radius 2 is 1.90 bits per heavy atom. The molecule has 2 amide bonds. The molecule has 4 rings (SSSR count). The van der Waals surface area contributed by atoms with Gasteiger partial charge in [0.15, 0.2) is 0 Å². The Morgan fingerprint density at radius 1 is 1.14 bits per heavy atom. The minimum absolute atomic E-state index is 0.0173. The highest BCUT2D eigenvalue weighted by Crippen LogP contribution is 2.27. The molecule has 1 N–H and O–H groups in total. The van der Waals surface area contributed by atoms with E-state index in [1.165, 1.54) is 0 Å². The smallest absolute Gasteiger partial charge is 0.253 e. The summed E-state index contributed by atoms with van der Waals surface area (Å²) in [4.78, 5) is 27.0. The summed E-state index contributed by atoms with van der Waals surface area (Å²) in [7, 11) is 1.61. The molecule has 1 aromatic carbocycles. The van der Waals surface area contributed by atoms with E-state index in [4.69, 9.17) is 9.47 Å². The topological polar surface area (TPSA) is 85.7 Å². The van der Waals surface area contributed by atoms with Gasteiger partial charge in [0.05, 0.1) is 31.9 Å². The van der Waals surface area contributed by atoms with Crippen molar-refractivity contribution in [2.45, 2.75) is 25.3 Å². The number of likely N-dealkylation sites (tertiary alicyclic amines) is 1. The average molecular weight is 398 g/mol. The first-order chi connectivity index (χ1) is 14.2. The number of nitrogens with zero attached hydrogens (tertiary/aromatic N) is 3. The van der Waals surface area contributed by atoms with Crippen LogP contribution in [0.15, 0.2) is 36.5 Å². The predicted octanol–water partition coefficient (Wildman–Crippen LogP) is 2.34. The number of rotatable bonds is 5. The first-order valence-corrected chi connectivity index (χ1v) is 10.0. The highest BCUT2D eigenvalue weighted by Gasteiger charge is 2.28. The Balaban J connectivity index is 1.35. The molecule has 1 aromatic heterocycles. The van der Waals surface area contributed by atoms with Gasteiger partial charge in [0.1, 0.15) is 11.6 Å². The van der Waals surface area contributed by atoms with Gasteiger partial charge < -0.3 is 19.7 Å². The summed E-state index contributed by atoms with van der Waals surface area (Å²) in [6.07, 6.45) is 4.04. The number of nitrogens with one attached hydrogen (secondary N) is 1. The molecule has 29 heavy (non-hydrogen) atoms. The zero-order valence-corrected chi connectivity index (χ0v) is 16.5. The molecule has 2 aliphatic rings. The summed E-state index contributed by atoms with van der Waals surface area (Å²) < 4.78 is 12.3. The van der Waals surface area contributed by atoms with E-state index in [0.29, 0.717) is 37.7 Å². The van der Waals surface area contributed by atoms with Crippen molar-refractivity contribution < 1.29 is 19.1 Å². The molecule has 0 bridgehead atoms. The number of piperidine rings is 1. The highest BCUT2D eigenvalue weighted by atomic mass is 16.5. The SMILES string of the molecule is COc1ccc(C(=O)N2CCC(n3nccc3NC(=O)[C@H]3CCOC3)CC2)cc1. The van der Waals surface area contributed by atoms with Gasteiger partial charge >= 0.3 is 0 Å². The highest BCUT2D eigenvalue weighted by molar-refractivity contribution is 5.94. The predicted molar refractivity (Wildman–Crippen MR) is 107 cm³/mol. The quantitative estimate of drug-likeness (QED) is 0.836. The zero-order chi connectivity index (χ0) is 20.2. The Hall–Kier alpha value is -2.87. The van der Waals surface area contributed by atoms with Gasteiger partial charge in [0.2, 0.25) is 5.91 Å². The van der Waals surface area contributed by atoms with E-state index in [1.54, 1.807) is 37.6 Å². The first kappa shape index (κ1) is 19.4. The maximum absolute atomic E-state index is 12.7. The monoisotopic (exact) mass is 398 g/mol. The number of ether oxygens (including phenoxy) is 2. The fourth-order valence-corrected chi connectivity index (χ4v) is 3.90. The summed E-state index contributed by atoms with van der Waals surface area (Å²) in [6, 6.07) is 9.16. The van der Waals surface area contributed by atoms with E-state index in [1.807, 2.05) is 15.6 Å². The van der Waals surface area contributed by atoms with Crippen molar-refractivity contribution >= 4 is 17.6 Å². The zero-order valence-electron chi connectivity index (χ0n) is 16.5. The number of hydrogen-bond donors (Lipinski definition) is 1. The van der Waals surface area contributed by atoms with E-state index in [0.717, 1.165) is 25.0 Å². The lowest BCUT2D eigenvalue weighted by Crippen LogP contribution is -2.39. The van der Waals surface area contributed by atoms with Crippen LogP contribution in [0.25, 0.3) is 0 Å². The molecule has 1 atom stereocenters. The van der Waals surface area contributed by atoms with Crippen molar-refractivity contribution in [1.29, 1.82) is 0 Å². The third kappa shape index (κ3) is 4.27. The van der Waals surface area contributed by atoms with Crippen LogP contribution < -0.4 is 10.1 Å². The van der Waals surface area contributed by atoms with Crippen LogP contribution in [0.2, 0.25) is 0 Å². The summed E-state index contributed by atoms with van der Waals surface area (Å²) in [5.74, 6) is 1.36. The third-order valence-electron chi connectivity index (χ3n) is 5.66. The lowest BCUT2D eigenvalue weighted by molar-refractivity contribution is -0.119. The van der Waals surface area contributed by atoms with Gasteiger partial charge in [-0.2, -0.15) is 5.10 Å². The van der Waals surface area contributed by atoms with Crippen LogP contribution in [0.1, 0.15) is 35.7 Å². The Labute approximate surface area is 169 Å². The molecule has 0 radical (unpaired) electrons. The van der Waals surface area contributed by atoms with Crippen LogP contribution in [0.4, 0.5) is 5.82 Å². The summed E-state index contributed by atoms with van der Waals surface area (Å²) in [6.45, 7) is 2.42. The number of amides is 2. The van der Waals surface area contributed by atoms with Crippen LogP contribution in [0, 0.1) is 5.92 Å². The summed E-state index contributed by atoms with van der Waals surface area (Å²) in [5.41, 5.74) is 0.662. The Kier molecular flexibility index (Phi) is 5.80. The minimum atomic E-state index is -0.0951. The summed E-state index contributed by atoms with van der Waals surface area (Å²) in [5, 5.41) is 7.41. The van der Waals surface area contributed by atoms with Gasteiger partial charge in [-0.25, -0.2) is 4.68 Å². The van der Waals surface area contributed by atoms with Crippen LogP contribution >= 0.6 is 0 Å². The van der Waals surface area contributed by atoms with Crippen molar-refractivity contribution in [3.8, 4) is 5.75 Å². The number of benzene rings is 1. The second-order valence-electron chi connectivity index (χ2n) is 7.46. The minimum Gasteiger partial charge on any atom is -0.497 e. The normalized spacial score (nSPS) is 19.9. The fourth-order valence-electron chi connectivity index (χ4n) is 3.90. The van der Waals surface area contributed by atoms with Crippen molar-refractivity contribution in [2.24, 2.45) is 5.92 Å². The molecule has 8 heteroatoms. The van der Waals surface area contributed by atoms with Crippen molar-refractivity contribution in [2.75, 3.05) is 38.7 Å². The number of methoxy groups -OCH3 is 1. The maximum atomic E-state index is 12.7. The molecule has 8 nitrogen and oxygen atoms in total. The standard InChI is InChI=1S/C21H26N4O4/c1-28-18-4-2-15(3-5-18)21(27)24-11-7-17(8-12-24)25-19(6-10-22-25)23-20(26)16-9-13-29-14-16/h2-6,10,16-17H,7-9,11-14H2,1H3,(H,23,26)/t16-/m0/s1. The molecule has 2 aliphatic heterocycles. The second-order valence-corrected chi connectivity index (χ2v) is 7.46. The average Bonchev–Trinajstić information content (AvgIpc) is 3.46. The van der Waals surface area contributed by atoms with E-state index < -0.39 is 0 Å². The summed E-state index contributed by atoms with van der Waals surface area (Å²) >= 11 is 0. The molecule has 2 fully saturated rings. The lowest BCUT2D eigenvalue weighted by Gasteiger charge is -2.33. The molecule has 154 valence electrons. The Bertz CT molecular complexity index is 850. The number of carbonyl (C=O) groups is 2. The van der Waals surface area contributed by atoms with Crippen LogP contribution in [-0.2, 0) is 9.53 Å². The van der Waals surface area contributed by atoms with Crippen LogP contribution in [-0.4, -0.2) is 59.9 Å². The second kappa shape index (κ2) is 8.65.